The van der Waals surface area contributed by atoms with Crippen LogP contribution in [0.15, 0.2) is 48.5 Å². The molecule has 2 aromatic rings. The van der Waals surface area contributed by atoms with Crippen LogP contribution >= 0.6 is 12.2 Å². The molecule has 0 aromatic heterocycles. The monoisotopic (exact) mass is 419 g/mol. The number of nitrogens with one attached hydrogen (secondary N) is 3. The predicted molar refractivity (Wildman–Crippen MR) is 121 cm³/mol. The summed E-state index contributed by atoms with van der Waals surface area (Å²) in [5.41, 5.74) is 4.17. The van der Waals surface area contributed by atoms with E-state index < -0.39 is 10.0 Å². The first-order chi connectivity index (χ1) is 12.9. The summed E-state index contributed by atoms with van der Waals surface area (Å²) in [4.78, 5) is 0. The number of hydrogen-bond acceptors (Lipinski definition) is 3. The van der Waals surface area contributed by atoms with Gasteiger partial charge in [-0.15, -0.1) is 0 Å². The van der Waals surface area contributed by atoms with Crippen molar-refractivity contribution >= 4 is 33.0 Å². The fraction of sp³-hybridized carbons (Fsp3) is 0.381. The second kappa shape index (κ2) is 8.92. The van der Waals surface area contributed by atoms with Crippen molar-refractivity contribution in [3.05, 3.63) is 65.2 Å². The van der Waals surface area contributed by atoms with Crippen LogP contribution in [0.1, 0.15) is 50.4 Å². The topological polar surface area (TPSA) is 70.2 Å². The maximum Gasteiger partial charge on any atom is 0.229 e. The van der Waals surface area contributed by atoms with Crippen LogP contribution in [0.4, 0.5) is 5.69 Å². The van der Waals surface area contributed by atoms with E-state index in [9.17, 15) is 8.42 Å². The van der Waals surface area contributed by atoms with Crippen molar-refractivity contribution in [2.24, 2.45) is 0 Å². The quantitative estimate of drug-likeness (QED) is 0.616. The molecule has 0 fully saturated rings. The number of anilines is 1. The molecule has 0 saturated carbocycles. The van der Waals surface area contributed by atoms with Crippen LogP contribution in [0.25, 0.3) is 0 Å². The van der Waals surface area contributed by atoms with E-state index in [0.717, 1.165) is 11.8 Å². The lowest BCUT2D eigenvalue weighted by atomic mass is 9.87. The third kappa shape index (κ3) is 7.13. The van der Waals surface area contributed by atoms with Crippen molar-refractivity contribution < 1.29 is 8.42 Å². The zero-order chi connectivity index (χ0) is 20.9. The molecule has 5 nitrogen and oxygen atoms in total. The molecule has 0 aliphatic rings. The van der Waals surface area contributed by atoms with Crippen LogP contribution in [-0.2, 0) is 22.0 Å². The summed E-state index contributed by atoms with van der Waals surface area (Å²) in [6, 6.07) is 15.8. The van der Waals surface area contributed by atoms with Gasteiger partial charge >= 0.3 is 0 Å². The number of rotatable bonds is 6. The van der Waals surface area contributed by atoms with Gasteiger partial charge in [-0.2, -0.15) is 0 Å². The summed E-state index contributed by atoms with van der Waals surface area (Å²) < 4.78 is 25.0. The van der Waals surface area contributed by atoms with Crippen LogP contribution in [0.2, 0.25) is 0 Å². The summed E-state index contributed by atoms with van der Waals surface area (Å²) in [6.07, 6.45) is 1.13. The van der Waals surface area contributed by atoms with E-state index in [4.69, 9.17) is 12.2 Å². The number of sulfonamides is 1. The smallest absolute Gasteiger partial charge is 0.229 e. The van der Waals surface area contributed by atoms with Crippen LogP contribution < -0.4 is 15.4 Å². The Balaban J connectivity index is 1.87. The minimum Gasteiger partial charge on any atom is -0.359 e. The van der Waals surface area contributed by atoms with Gasteiger partial charge in [-0.05, 0) is 53.4 Å². The summed E-state index contributed by atoms with van der Waals surface area (Å²) in [7, 11) is -3.27. The first-order valence-electron chi connectivity index (χ1n) is 9.15. The maximum absolute atomic E-state index is 11.3. The van der Waals surface area contributed by atoms with Crippen molar-refractivity contribution in [3.8, 4) is 0 Å². The van der Waals surface area contributed by atoms with Gasteiger partial charge in [-0.3, -0.25) is 4.72 Å². The Morgan fingerprint density at radius 3 is 2.11 bits per heavy atom. The maximum atomic E-state index is 11.3. The molecule has 0 amide bonds. The Morgan fingerprint density at radius 2 is 1.61 bits per heavy atom. The highest BCUT2D eigenvalue weighted by Gasteiger charge is 2.13. The average Bonchev–Trinajstić information content (AvgIpc) is 2.59. The minimum atomic E-state index is -3.27. The SMILES string of the molecule is C[C@H](NC(=S)NCc1ccc(C(C)(C)C)cc1)c1ccc(NS(C)(=O)=O)cc1. The number of thiocarbonyl (C=S) groups is 1. The highest BCUT2D eigenvalue weighted by molar-refractivity contribution is 7.92. The second-order valence-corrected chi connectivity index (χ2v) is 10.1. The molecule has 2 rings (SSSR count). The van der Waals surface area contributed by atoms with E-state index in [-0.39, 0.29) is 11.5 Å². The lowest BCUT2D eigenvalue weighted by molar-refractivity contribution is 0.590. The van der Waals surface area contributed by atoms with Gasteiger partial charge in [0.1, 0.15) is 0 Å². The average molecular weight is 420 g/mol. The van der Waals surface area contributed by atoms with Gasteiger partial charge in [0, 0.05) is 12.2 Å². The fourth-order valence-corrected chi connectivity index (χ4v) is 3.50. The van der Waals surface area contributed by atoms with E-state index in [2.05, 4.69) is 60.4 Å². The molecule has 0 spiro atoms. The predicted octanol–water partition coefficient (Wildman–Crippen LogP) is 4.08. The van der Waals surface area contributed by atoms with E-state index in [1.165, 1.54) is 11.1 Å². The highest BCUT2D eigenvalue weighted by Crippen LogP contribution is 2.22. The third-order valence-electron chi connectivity index (χ3n) is 4.33. The van der Waals surface area contributed by atoms with Crippen molar-refractivity contribution in [1.82, 2.24) is 10.6 Å². The van der Waals surface area contributed by atoms with Gasteiger partial charge < -0.3 is 10.6 Å². The van der Waals surface area contributed by atoms with Crippen molar-refractivity contribution in [1.29, 1.82) is 0 Å². The molecule has 2 aromatic carbocycles. The highest BCUT2D eigenvalue weighted by atomic mass is 32.2. The molecule has 1 atom stereocenters. The van der Waals surface area contributed by atoms with Crippen molar-refractivity contribution in [3.63, 3.8) is 0 Å². The van der Waals surface area contributed by atoms with Gasteiger partial charge in [0.15, 0.2) is 5.11 Å². The lowest BCUT2D eigenvalue weighted by Crippen LogP contribution is -2.36. The second-order valence-electron chi connectivity index (χ2n) is 7.99. The molecule has 0 heterocycles. The Bertz CT molecular complexity index is 900. The molecule has 0 aliphatic carbocycles. The van der Waals surface area contributed by atoms with Crippen molar-refractivity contribution in [2.45, 2.75) is 45.7 Å². The summed E-state index contributed by atoms with van der Waals surface area (Å²) >= 11 is 5.40. The molecule has 0 unspecified atom stereocenters. The Hall–Kier alpha value is -2.12. The summed E-state index contributed by atoms with van der Waals surface area (Å²) in [6.45, 7) is 9.25. The summed E-state index contributed by atoms with van der Waals surface area (Å²) in [5.74, 6) is 0. The normalized spacial score (nSPS) is 12.9. The minimum absolute atomic E-state index is 0.00412. The molecular weight excluding hydrogens is 390 g/mol. The fourth-order valence-electron chi connectivity index (χ4n) is 2.69. The molecule has 3 N–H and O–H groups in total. The van der Waals surface area contributed by atoms with Gasteiger partial charge in [0.25, 0.3) is 0 Å². The molecule has 0 radical (unpaired) electrons. The molecule has 0 bridgehead atoms. The number of hydrogen-bond donors (Lipinski definition) is 3. The number of benzene rings is 2. The van der Waals surface area contributed by atoms with E-state index in [1.807, 2.05) is 19.1 Å². The van der Waals surface area contributed by atoms with E-state index in [0.29, 0.717) is 17.3 Å². The molecule has 7 heteroatoms. The molecule has 28 heavy (non-hydrogen) atoms. The van der Waals surface area contributed by atoms with Gasteiger partial charge in [0.2, 0.25) is 10.0 Å². The Kier molecular flexibility index (Phi) is 7.06. The zero-order valence-electron chi connectivity index (χ0n) is 17.0. The third-order valence-corrected chi connectivity index (χ3v) is 5.20. The standard InChI is InChI=1S/C21H29N3O2S2/c1-15(17-8-12-19(13-9-17)24-28(5,25)26)23-20(27)22-14-16-6-10-18(11-7-16)21(2,3)4/h6-13,15,24H,14H2,1-5H3,(H2,22,23,27)/t15-/m0/s1. The van der Waals surface area contributed by atoms with Crippen LogP contribution in [0.5, 0.6) is 0 Å². The molecular formula is C21H29N3O2S2. The van der Waals surface area contributed by atoms with Crippen LogP contribution in [-0.4, -0.2) is 19.8 Å². The molecule has 0 saturated heterocycles. The summed E-state index contributed by atoms with van der Waals surface area (Å²) in [5, 5.41) is 7.06. The lowest BCUT2D eigenvalue weighted by Gasteiger charge is -2.20. The molecule has 0 aliphatic heterocycles. The largest absolute Gasteiger partial charge is 0.359 e. The van der Waals surface area contributed by atoms with Crippen LogP contribution in [0, 0.1) is 0 Å². The Morgan fingerprint density at radius 1 is 1.04 bits per heavy atom. The van der Waals surface area contributed by atoms with E-state index in [1.54, 1.807) is 12.1 Å². The molecule has 152 valence electrons. The van der Waals surface area contributed by atoms with E-state index >= 15 is 0 Å². The van der Waals surface area contributed by atoms with Gasteiger partial charge in [-0.25, -0.2) is 8.42 Å². The van der Waals surface area contributed by atoms with Crippen LogP contribution in [0.3, 0.4) is 0 Å². The first-order valence-corrected chi connectivity index (χ1v) is 11.5. The first kappa shape index (κ1) is 22.2. The van der Waals surface area contributed by atoms with Gasteiger partial charge in [-0.1, -0.05) is 57.2 Å². The van der Waals surface area contributed by atoms with Gasteiger partial charge in [0.05, 0.1) is 12.3 Å². The Labute approximate surface area is 174 Å². The van der Waals surface area contributed by atoms with Crippen molar-refractivity contribution in [2.75, 3.05) is 11.0 Å². The zero-order valence-corrected chi connectivity index (χ0v) is 18.7.